The second kappa shape index (κ2) is 8.50. The minimum atomic E-state index is -3.19. The van der Waals surface area contributed by atoms with Gasteiger partial charge in [-0.15, -0.1) is 0 Å². The Labute approximate surface area is 188 Å². The summed E-state index contributed by atoms with van der Waals surface area (Å²) in [6, 6.07) is 16.0. The highest BCUT2D eigenvalue weighted by atomic mass is 35.5. The summed E-state index contributed by atoms with van der Waals surface area (Å²) in [5.74, 6) is 2.40. The molecule has 2 aromatic carbocycles. The summed E-state index contributed by atoms with van der Waals surface area (Å²) in [5.41, 5.74) is 4.08. The number of amides is 2. The summed E-state index contributed by atoms with van der Waals surface area (Å²) >= 11 is 6.03. The van der Waals surface area contributed by atoms with Gasteiger partial charge in [0.15, 0.2) is 0 Å². The quantitative estimate of drug-likeness (QED) is 0.311. The Bertz CT molecular complexity index is 957. The fraction of sp³-hybridized carbons (Fsp3) is 0.435. The number of benzene rings is 2. The molecule has 4 aliphatic carbocycles. The molecule has 31 heavy (non-hydrogen) atoms. The van der Waals surface area contributed by atoms with Crippen LogP contribution in [-0.4, -0.2) is 11.7 Å². The predicted molar refractivity (Wildman–Crippen MR) is 125 cm³/mol. The van der Waals surface area contributed by atoms with E-state index in [9.17, 15) is 9.36 Å². The highest BCUT2D eigenvalue weighted by Crippen LogP contribution is 2.64. The maximum Gasteiger partial charge on any atom is 0.333 e. The number of hydrogen-bond donors (Lipinski definition) is 4. The molecular weight excluding hydrogens is 431 g/mol. The average Bonchev–Trinajstić information content (AvgIpc) is 2.74. The van der Waals surface area contributed by atoms with Crippen LogP contribution >= 0.6 is 19.0 Å². The molecule has 0 aromatic heterocycles. The Morgan fingerprint density at radius 3 is 2.06 bits per heavy atom. The molecule has 1 atom stereocenters. The molecule has 4 N–H and O–H groups in total. The minimum absolute atomic E-state index is 0.00741. The fourth-order valence-electron chi connectivity index (χ4n) is 6.20. The van der Waals surface area contributed by atoms with E-state index in [1.54, 1.807) is 12.1 Å². The molecule has 0 aliphatic heterocycles. The van der Waals surface area contributed by atoms with Crippen LogP contribution < -0.4 is 21.0 Å². The molecule has 4 aliphatic rings. The number of carbonyl (C=O) groups is 1. The van der Waals surface area contributed by atoms with Crippen LogP contribution in [0, 0.1) is 23.7 Å². The van der Waals surface area contributed by atoms with Crippen LogP contribution in [0.2, 0.25) is 5.02 Å². The lowest BCUT2D eigenvalue weighted by atomic mass is 9.56. The van der Waals surface area contributed by atoms with Crippen LogP contribution in [0.3, 0.4) is 0 Å². The predicted octanol–water partition coefficient (Wildman–Crippen LogP) is 6.10. The summed E-state index contributed by atoms with van der Waals surface area (Å²) in [4.78, 5) is 12.5. The van der Waals surface area contributed by atoms with Crippen molar-refractivity contribution < 1.29 is 9.36 Å². The molecule has 164 valence electrons. The first-order valence-corrected chi connectivity index (χ1v) is 13.2. The van der Waals surface area contributed by atoms with Crippen molar-refractivity contribution in [2.75, 3.05) is 10.4 Å². The zero-order valence-electron chi connectivity index (χ0n) is 17.3. The van der Waals surface area contributed by atoms with Gasteiger partial charge in [0.1, 0.15) is 0 Å². The van der Waals surface area contributed by atoms with Crippen molar-refractivity contribution >= 4 is 36.5 Å². The largest absolute Gasteiger partial charge is 0.333 e. The molecule has 0 saturated heterocycles. The van der Waals surface area contributed by atoms with E-state index in [1.807, 2.05) is 42.5 Å². The van der Waals surface area contributed by atoms with Gasteiger partial charge in [0.2, 0.25) is 0 Å². The number of hydrogen-bond acceptors (Lipinski definition) is 2. The fourth-order valence-corrected chi connectivity index (χ4v) is 9.16. The first-order valence-electron chi connectivity index (χ1n) is 11.0. The van der Waals surface area contributed by atoms with Crippen LogP contribution in [0.25, 0.3) is 0 Å². The van der Waals surface area contributed by atoms with Gasteiger partial charge in [0.05, 0.1) is 5.66 Å². The molecular formula is C23H28ClN4O2P. The Balaban J connectivity index is 1.36. The van der Waals surface area contributed by atoms with E-state index < -0.39 is 13.5 Å². The van der Waals surface area contributed by atoms with E-state index in [4.69, 9.17) is 11.6 Å². The highest BCUT2D eigenvalue weighted by Gasteiger charge is 2.55. The van der Waals surface area contributed by atoms with Crippen molar-refractivity contribution in [3.05, 3.63) is 59.6 Å². The Kier molecular flexibility index (Phi) is 5.72. The molecule has 6 rings (SSSR count). The van der Waals surface area contributed by atoms with Gasteiger partial charge in [-0.3, -0.25) is 9.99 Å². The maximum atomic E-state index is 14.4. The lowest BCUT2D eigenvalue weighted by molar-refractivity contribution is 0.0226. The van der Waals surface area contributed by atoms with Gasteiger partial charge in [-0.2, -0.15) is 5.20 Å². The second-order valence-corrected chi connectivity index (χ2v) is 12.1. The van der Waals surface area contributed by atoms with Crippen molar-refractivity contribution in [1.29, 1.82) is 0 Å². The first kappa shape index (κ1) is 20.9. The van der Waals surface area contributed by atoms with Gasteiger partial charge >= 0.3 is 6.03 Å². The van der Waals surface area contributed by atoms with E-state index in [1.165, 1.54) is 6.42 Å². The Morgan fingerprint density at radius 1 is 0.839 bits per heavy atom. The lowest BCUT2D eigenvalue weighted by Crippen LogP contribution is -2.52. The molecule has 1 unspecified atom stereocenters. The summed E-state index contributed by atoms with van der Waals surface area (Å²) in [7, 11) is -3.19. The second-order valence-electron chi connectivity index (χ2n) is 9.25. The molecule has 4 bridgehead atoms. The number of para-hydroxylation sites is 1. The van der Waals surface area contributed by atoms with E-state index in [0.717, 1.165) is 43.2 Å². The number of nitrogens with one attached hydrogen (secondary N) is 4. The number of halogens is 1. The Morgan fingerprint density at radius 2 is 1.45 bits per heavy atom. The lowest BCUT2D eigenvalue weighted by Gasteiger charge is -2.55. The maximum absolute atomic E-state index is 14.4. The molecule has 0 heterocycles. The van der Waals surface area contributed by atoms with E-state index >= 15 is 0 Å². The Hall–Kier alpha value is -2.01. The van der Waals surface area contributed by atoms with Crippen molar-refractivity contribution in [2.24, 2.45) is 23.7 Å². The number of anilines is 2. The first-order chi connectivity index (χ1) is 15.0. The van der Waals surface area contributed by atoms with Gasteiger partial charge < -0.3 is 10.4 Å². The third-order valence-electron chi connectivity index (χ3n) is 7.10. The highest BCUT2D eigenvalue weighted by molar-refractivity contribution is 7.64. The number of carbonyl (C=O) groups excluding carboxylic acids is 1. The molecule has 4 fully saturated rings. The number of hydrazine groups is 1. The smallest absolute Gasteiger partial charge is 0.323 e. The number of urea groups is 1. The summed E-state index contributed by atoms with van der Waals surface area (Å²) in [6.45, 7) is 0. The minimum Gasteiger partial charge on any atom is -0.323 e. The van der Waals surface area contributed by atoms with Gasteiger partial charge in [-0.05, 0) is 92.2 Å². The third kappa shape index (κ3) is 4.48. The summed E-state index contributed by atoms with van der Waals surface area (Å²) in [6.07, 6.45) is 5.90. The topological polar surface area (TPSA) is 82.3 Å². The SMILES string of the molecule is O=C(NNP(=O)(Nc1ccc(Cl)cc1)C1C2CC3CC(C2)CC1C3)Nc1ccccc1. The molecule has 2 amide bonds. The summed E-state index contributed by atoms with van der Waals surface area (Å²) in [5, 5.41) is 9.63. The average molecular weight is 459 g/mol. The van der Waals surface area contributed by atoms with Crippen LogP contribution in [0.5, 0.6) is 0 Å². The zero-order valence-corrected chi connectivity index (χ0v) is 18.9. The van der Waals surface area contributed by atoms with Crippen LogP contribution in [0.1, 0.15) is 32.1 Å². The van der Waals surface area contributed by atoms with Crippen molar-refractivity contribution in [1.82, 2.24) is 10.6 Å². The van der Waals surface area contributed by atoms with E-state index in [-0.39, 0.29) is 5.66 Å². The van der Waals surface area contributed by atoms with E-state index in [2.05, 4.69) is 21.0 Å². The van der Waals surface area contributed by atoms with Crippen molar-refractivity contribution in [2.45, 2.75) is 37.8 Å². The van der Waals surface area contributed by atoms with Gasteiger partial charge in [0.25, 0.3) is 7.44 Å². The molecule has 0 spiro atoms. The van der Waals surface area contributed by atoms with E-state index in [0.29, 0.717) is 22.5 Å². The normalized spacial score (nSPS) is 30.4. The van der Waals surface area contributed by atoms with Crippen LogP contribution in [0.15, 0.2) is 54.6 Å². The number of rotatable bonds is 6. The molecule has 6 nitrogen and oxygen atoms in total. The molecule has 4 saturated carbocycles. The van der Waals surface area contributed by atoms with Crippen LogP contribution in [0.4, 0.5) is 16.2 Å². The van der Waals surface area contributed by atoms with Gasteiger partial charge in [0, 0.05) is 16.4 Å². The van der Waals surface area contributed by atoms with Gasteiger partial charge in [-0.25, -0.2) is 4.79 Å². The van der Waals surface area contributed by atoms with Crippen LogP contribution in [-0.2, 0) is 4.57 Å². The third-order valence-corrected chi connectivity index (χ3v) is 10.1. The monoisotopic (exact) mass is 458 g/mol. The molecule has 8 heteroatoms. The molecule has 2 aromatic rings. The van der Waals surface area contributed by atoms with Crippen molar-refractivity contribution in [3.63, 3.8) is 0 Å². The summed E-state index contributed by atoms with van der Waals surface area (Å²) < 4.78 is 14.4. The van der Waals surface area contributed by atoms with Crippen molar-refractivity contribution in [3.8, 4) is 0 Å². The van der Waals surface area contributed by atoms with Gasteiger partial charge in [-0.1, -0.05) is 29.8 Å². The molecule has 0 radical (unpaired) electrons. The zero-order chi connectivity index (χ0) is 21.4. The standard InChI is InChI=1S/C23H28ClN4O2P/c24-19-6-8-21(9-7-19)27-31(30,28-26-23(29)25-20-4-2-1-3-5-20)22-17-11-15-10-16(13-17)14-18(22)12-15/h1-9,15-18,22H,10-14H2,(H2,25,26,29)(H2,27,28,30).